The summed E-state index contributed by atoms with van der Waals surface area (Å²) in [5, 5.41) is 0. The first kappa shape index (κ1) is 18.0. The fraction of sp³-hybridized carbons (Fsp3) is 0.500. The number of anilines is 1. The number of nitrogens with zero attached hydrogens (tertiary/aromatic N) is 5. The van der Waals surface area contributed by atoms with E-state index >= 15 is 0 Å². The summed E-state index contributed by atoms with van der Waals surface area (Å²) in [5.74, 6) is 1.97. The lowest BCUT2D eigenvalue weighted by molar-refractivity contribution is 0.225. The fourth-order valence-electron chi connectivity index (χ4n) is 4.97. The number of rotatable bonds is 3. The Hall–Kier alpha value is -2.05. The standard InChI is InChI=1S/C22H27N5S/c1-15-10-21(25-17(3)24-15)27-9-7-22(13-27)6-8-26(12-22)16(2)18-4-5-20-19(11-18)23-14-28-20/h4-5,10-11,14,16H,6-9,12-13H2,1-3H3. The van der Waals surface area contributed by atoms with Gasteiger partial charge in [-0.2, -0.15) is 0 Å². The molecule has 0 amide bonds. The summed E-state index contributed by atoms with van der Waals surface area (Å²) in [7, 11) is 0. The number of hydrogen-bond acceptors (Lipinski definition) is 6. The molecule has 6 heteroatoms. The van der Waals surface area contributed by atoms with Crippen LogP contribution in [0.25, 0.3) is 10.2 Å². The van der Waals surface area contributed by atoms with E-state index in [2.05, 4.69) is 57.9 Å². The van der Waals surface area contributed by atoms with Crippen LogP contribution in [0.2, 0.25) is 0 Å². The van der Waals surface area contributed by atoms with E-state index in [1.807, 2.05) is 12.4 Å². The summed E-state index contributed by atoms with van der Waals surface area (Å²) in [6.45, 7) is 10.9. The summed E-state index contributed by atoms with van der Waals surface area (Å²) in [4.78, 5) is 18.8. The highest BCUT2D eigenvalue weighted by Crippen LogP contribution is 2.43. The molecule has 0 saturated carbocycles. The quantitative estimate of drug-likeness (QED) is 0.661. The first-order valence-electron chi connectivity index (χ1n) is 10.2. The van der Waals surface area contributed by atoms with Crippen LogP contribution in [0.3, 0.4) is 0 Å². The molecule has 0 bridgehead atoms. The number of hydrogen-bond donors (Lipinski definition) is 0. The number of thiazole rings is 1. The third-order valence-electron chi connectivity index (χ3n) is 6.57. The highest BCUT2D eigenvalue weighted by molar-refractivity contribution is 7.16. The van der Waals surface area contributed by atoms with Gasteiger partial charge in [0.1, 0.15) is 11.6 Å². The molecule has 2 aliphatic heterocycles. The van der Waals surface area contributed by atoms with Crippen LogP contribution >= 0.6 is 11.3 Å². The van der Waals surface area contributed by atoms with Gasteiger partial charge in [-0.25, -0.2) is 15.0 Å². The number of likely N-dealkylation sites (tertiary alicyclic amines) is 1. The maximum absolute atomic E-state index is 4.69. The largest absolute Gasteiger partial charge is 0.356 e. The summed E-state index contributed by atoms with van der Waals surface area (Å²) < 4.78 is 1.27. The summed E-state index contributed by atoms with van der Waals surface area (Å²) in [5.41, 5.74) is 5.90. The average molecular weight is 394 g/mol. The molecule has 3 aromatic rings. The van der Waals surface area contributed by atoms with Crippen molar-refractivity contribution in [2.75, 3.05) is 31.1 Å². The molecule has 2 aliphatic rings. The van der Waals surface area contributed by atoms with E-state index in [1.54, 1.807) is 11.3 Å². The Morgan fingerprint density at radius 1 is 1.07 bits per heavy atom. The van der Waals surface area contributed by atoms with Crippen molar-refractivity contribution >= 4 is 27.4 Å². The second kappa shape index (κ2) is 6.78. The minimum Gasteiger partial charge on any atom is -0.356 e. The zero-order valence-corrected chi connectivity index (χ0v) is 17.7. The van der Waals surface area contributed by atoms with Gasteiger partial charge in [0.15, 0.2) is 0 Å². The van der Waals surface area contributed by atoms with Crippen molar-refractivity contribution in [2.24, 2.45) is 5.41 Å². The molecule has 2 unspecified atom stereocenters. The van der Waals surface area contributed by atoms with Gasteiger partial charge in [-0.1, -0.05) is 6.07 Å². The van der Waals surface area contributed by atoms with Crippen LogP contribution in [0.5, 0.6) is 0 Å². The molecule has 2 saturated heterocycles. The lowest BCUT2D eigenvalue weighted by atomic mass is 9.86. The second-order valence-electron chi connectivity index (χ2n) is 8.56. The van der Waals surface area contributed by atoms with Crippen LogP contribution in [-0.4, -0.2) is 46.0 Å². The second-order valence-corrected chi connectivity index (χ2v) is 9.45. The predicted molar refractivity (Wildman–Crippen MR) is 115 cm³/mol. The van der Waals surface area contributed by atoms with Gasteiger partial charge in [-0.3, -0.25) is 4.90 Å². The van der Waals surface area contributed by atoms with Crippen molar-refractivity contribution in [2.45, 2.75) is 39.7 Å². The topological polar surface area (TPSA) is 45.2 Å². The molecular weight excluding hydrogens is 366 g/mol. The van der Waals surface area contributed by atoms with Crippen molar-refractivity contribution in [3.8, 4) is 0 Å². The lowest BCUT2D eigenvalue weighted by Gasteiger charge is -2.28. The Labute approximate surface area is 170 Å². The molecule has 1 spiro atoms. The molecule has 28 heavy (non-hydrogen) atoms. The third-order valence-corrected chi connectivity index (χ3v) is 7.38. The molecule has 2 aromatic heterocycles. The van der Waals surface area contributed by atoms with E-state index in [0.29, 0.717) is 11.5 Å². The smallest absolute Gasteiger partial charge is 0.132 e. The van der Waals surface area contributed by atoms with Gasteiger partial charge in [0.05, 0.1) is 15.7 Å². The lowest BCUT2D eigenvalue weighted by Crippen LogP contribution is -2.32. The number of fused-ring (bicyclic) bond motifs is 1. The van der Waals surface area contributed by atoms with Gasteiger partial charge in [-0.05, 0) is 57.9 Å². The van der Waals surface area contributed by atoms with Gasteiger partial charge in [-0.15, -0.1) is 11.3 Å². The van der Waals surface area contributed by atoms with Crippen molar-refractivity contribution in [1.29, 1.82) is 0 Å². The molecule has 4 heterocycles. The first-order chi connectivity index (χ1) is 13.5. The number of aromatic nitrogens is 3. The Morgan fingerprint density at radius 3 is 2.79 bits per heavy atom. The molecule has 5 rings (SSSR count). The predicted octanol–water partition coefficient (Wildman–Crippen LogP) is 4.37. The van der Waals surface area contributed by atoms with Crippen LogP contribution in [0.4, 0.5) is 5.82 Å². The average Bonchev–Trinajstić information content (AvgIpc) is 3.40. The van der Waals surface area contributed by atoms with E-state index in [4.69, 9.17) is 4.98 Å². The van der Waals surface area contributed by atoms with Crippen LogP contribution in [0, 0.1) is 19.3 Å². The molecule has 2 fully saturated rings. The summed E-state index contributed by atoms with van der Waals surface area (Å²) in [6, 6.07) is 9.34. The summed E-state index contributed by atoms with van der Waals surface area (Å²) in [6.07, 6.45) is 2.53. The molecule has 0 aliphatic carbocycles. The number of benzene rings is 1. The fourth-order valence-corrected chi connectivity index (χ4v) is 5.63. The van der Waals surface area contributed by atoms with Crippen LogP contribution in [0.1, 0.15) is 42.9 Å². The molecule has 2 atom stereocenters. The molecule has 1 aromatic carbocycles. The monoisotopic (exact) mass is 393 g/mol. The van der Waals surface area contributed by atoms with Crippen molar-refractivity contribution in [3.63, 3.8) is 0 Å². The van der Waals surface area contributed by atoms with E-state index < -0.39 is 0 Å². The Morgan fingerprint density at radius 2 is 1.93 bits per heavy atom. The molecule has 0 N–H and O–H groups in total. The van der Waals surface area contributed by atoms with Gasteiger partial charge in [0.25, 0.3) is 0 Å². The van der Waals surface area contributed by atoms with Crippen LogP contribution < -0.4 is 4.90 Å². The van der Waals surface area contributed by atoms with Crippen LogP contribution in [-0.2, 0) is 0 Å². The highest BCUT2D eigenvalue weighted by atomic mass is 32.1. The minimum absolute atomic E-state index is 0.395. The molecule has 5 nitrogen and oxygen atoms in total. The highest BCUT2D eigenvalue weighted by Gasteiger charge is 2.44. The minimum atomic E-state index is 0.395. The van der Waals surface area contributed by atoms with E-state index in [9.17, 15) is 0 Å². The zero-order valence-electron chi connectivity index (χ0n) is 16.9. The Kier molecular flexibility index (Phi) is 4.36. The van der Waals surface area contributed by atoms with Gasteiger partial charge >= 0.3 is 0 Å². The van der Waals surface area contributed by atoms with Gasteiger partial charge in [0, 0.05) is 42.9 Å². The Balaban J connectivity index is 1.31. The maximum atomic E-state index is 4.69. The van der Waals surface area contributed by atoms with Crippen LogP contribution in [0.15, 0.2) is 29.8 Å². The van der Waals surface area contributed by atoms with E-state index in [1.165, 1.54) is 36.2 Å². The number of aryl methyl sites for hydroxylation is 2. The molecule has 0 radical (unpaired) electrons. The third kappa shape index (κ3) is 3.18. The molecule has 146 valence electrons. The zero-order chi connectivity index (χ0) is 19.3. The van der Waals surface area contributed by atoms with E-state index in [-0.39, 0.29) is 0 Å². The normalized spacial score (nSPS) is 23.9. The van der Waals surface area contributed by atoms with Crippen molar-refractivity contribution in [1.82, 2.24) is 19.9 Å². The van der Waals surface area contributed by atoms with Crippen molar-refractivity contribution in [3.05, 3.63) is 46.9 Å². The van der Waals surface area contributed by atoms with E-state index in [0.717, 1.165) is 35.9 Å². The Bertz CT molecular complexity index is 995. The van der Waals surface area contributed by atoms with Crippen molar-refractivity contribution < 1.29 is 0 Å². The summed E-state index contributed by atoms with van der Waals surface area (Å²) >= 11 is 1.71. The maximum Gasteiger partial charge on any atom is 0.132 e. The molecular formula is C22H27N5S. The van der Waals surface area contributed by atoms with Gasteiger partial charge in [0.2, 0.25) is 0 Å². The van der Waals surface area contributed by atoms with Gasteiger partial charge < -0.3 is 4.90 Å². The SMILES string of the molecule is Cc1cc(N2CCC3(CCN(C(C)c4ccc5scnc5c4)C3)C2)nc(C)n1. The first-order valence-corrected chi connectivity index (χ1v) is 11.0.